The Balaban J connectivity index is 2.00. The molecule has 2 rings (SSSR count). The second kappa shape index (κ2) is 6.75. The molecule has 22 heavy (non-hydrogen) atoms. The first-order valence-electron chi connectivity index (χ1n) is 7.02. The van der Waals surface area contributed by atoms with Gasteiger partial charge in [-0.15, -0.1) is 11.3 Å². The number of nitrogens with one attached hydrogen (secondary N) is 1. The lowest BCUT2D eigenvalue weighted by molar-refractivity contribution is -0.123. The largest absolute Gasteiger partial charge is 0.448 e. The summed E-state index contributed by atoms with van der Waals surface area (Å²) in [4.78, 5) is 25.6. The monoisotopic (exact) mass is 317 g/mol. The maximum atomic E-state index is 12.2. The second-order valence-corrected chi connectivity index (χ2v) is 6.55. The lowest BCUT2D eigenvalue weighted by Gasteiger charge is -2.14. The lowest BCUT2D eigenvalue weighted by atomic mass is 10.1. The van der Waals surface area contributed by atoms with Crippen molar-refractivity contribution in [2.45, 2.75) is 33.8 Å². The van der Waals surface area contributed by atoms with Gasteiger partial charge in [0.25, 0.3) is 5.91 Å². The Morgan fingerprint density at radius 3 is 2.50 bits per heavy atom. The molecule has 0 radical (unpaired) electrons. The van der Waals surface area contributed by atoms with Crippen LogP contribution >= 0.6 is 11.3 Å². The molecule has 1 aromatic heterocycles. The smallest absolute Gasteiger partial charge is 0.349 e. The van der Waals surface area contributed by atoms with Crippen LogP contribution in [0.2, 0.25) is 0 Å². The number of rotatable bonds is 4. The third-order valence-corrected chi connectivity index (χ3v) is 4.23. The van der Waals surface area contributed by atoms with E-state index in [0.29, 0.717) is 4.88 Å². The molecular weight excluding hydrogens is 298 g/mol. The van der Waals surface area contributed by atoms with E-state index in [1.807, 2.05) is 45.0 Å². The summed E-state index contributed by atoms with van der Waals surface area (Å²) in [6.07, 6.45) is -0.852. The Hall–Kier alpha value is -2.14. The maximum Gasteiger partial charge on any atom is 0.349 e. The molecule has 0 fully saturated rings. The summed E-state index contributed by atoms with van der Waals surface area (Å²) in [5.41, 5.74) is 2.76. The summed E-state index contributed by atoms with van der Waals surface area (Å²) in [6, 6.07) is 9.37. The molecule has 1 aromatic carbocycles. The van der Waals surface area contributed by atoms with Crippen molar-refractivity contribution in [3.63, 3.8) is 0 Å². The summed E-state index contributed by atoms with van der Waals surface area (Å²) < 4.78 is 5.21. The second-order valence-electron chi connectivity index (χ2n) is 5.27. The van der Waals surface area contributed by atoms with Crippen molar-refractivity contribution < 1.29 is 14.3 Å². The molecule has 4 nitrogen and oxygen atoms in total. The molecule has 0 saturated carbocycles. The molecule has 1 amide bonds. The molecule has 0 aliphatic rings. The normalized spacial score (nSPS) is 11.8. The summed E-state index contributed by atoms with van der Waals surface area (Å²) in [6.45, 7) is 7.36. The van der Waals surface area contributed by atoms with E-state index in [-0.39, 0.29) is 5.91 Å². The number of hydrogen-bond acceptors (Lipinski definition) is 4. The van der Waals surface area contributed by atoms with E-state index in [1.54, 1.807) is 13.0 Å². The van der Waals surface area contributed by atoms with E-state index in [1.165, 1.54) is 11.3 Å². The van der Waals surface area contributed by atoms with Crippen molar-refractivity contribution in [3.05, 3.63) is 51.2 Å². The van der Waals surface area contributed by atoms with E-state index in [4.69, 9.17) is 4.74 Å². The first kappa shape index (κ1) is 16.2. The van der Waals surface area contributed by atoms with E-state index in [9.17, 15) is 9.59 Å². The minimum Gasteiger partial charge on any atom is -0.448 e. The number of carbonyl (C=O) groups excluding carboxylic acids is 2. The molecule has 0 bridgehead atoms. The van der Waals surface area contributed by atoms with Gasteiger partial charge in [-0.1, -0.05) is 12.1 Å². The standard InChI is InChI=1S/C17H19NO3S/c1-10-5-6-11(2)14(9-10)18-16(19)13(4)21-17(20)15-8-7-12(3)22-15/h5-9,13H,1-4H3,(H,18,19). The van der Waals surface area contributed by atoms with Crippen LogP contribution in [0.3, 0.4) is 0 Å². The van der Waals surface area contributed by atoms with E-state index >= 15 is 0 Å². The van der Waals surface area contributed by atoms with Crippen LogP contribution in [0.25, 0.3) is 0 Å². The topological polar surface area (TPSA) is 55.4 Å². The molecule has 1 atom stereocenters. The quantitative estimate of drug-likeness (QED) is 0.871. The molecule has 1 heterocycles. The van der Waals surface area contributed by atoms with E-state index in [2.05, 4.69) is 5.32 Å². The molecule has 0 saturated heterocycles. The number of benzene rings is 1. The Morgan fingerprint density at radius 2 is 1.86 bits per heavy atom. The van der Waals surface area contributed by atoms with Crippen LogP contribution in [0.4, 0.5) is 5.69 Å². The highest BCUT2D eigenvalue weighted by atomic mass is 32.1. The van der Waals surface area contributed by atoms with Crippen LogP contribution in [0.5, 0.6) is 0 Å². The third-order valence-electron chi connectivity index (χ3n) is 3.25. The van der Waals surface area contributed by atoms with E-state index in [0.717, 1.165) is 21.7 Å². The molecule has 1 N–H and O–H groups in total. The van der Waals surface area contributed by atoms with Crippen molar-refractivity contribution in [1.29, 1.82) is 0 Å². The predicted molar refractivity (Wildman–Crippen MR) is 88.5 cm³/mol. The van der Waals surface area contributed by atoms with Crippen molar-refractivity contribution in [3.8, 4) is 0 Å². The fourth-order valence-electron chi connectivity index (χ4n) is 1.92. The van der Waals surface area contributed by atoms with Crippen molar-refractivity contribution in [2.75, 3.05) is 5.32 Å². The summed E-state index contributed by atoms with van der Waals surface area (Å²) in [7, 11) is 0. The molecule has 0 spiro atoms. The van der Waals surface area contributed by atoms with Gasteiger partial charge >= 0.3 is 5.97 Å². The summed E-state index contributed by atoms with van der Waals surface area (Å²) >= 11 is 1.35. The van der Waals surface area contributed by atoms with Gasteiger partial charge in [0.2, 0.25) is 0 Å². The molecular formula is C17H19NO3S. The minimum absolute atomic E-state index is 0.338. The van der Waals surface area contributed by atoms with Gasteiger partial charge in [-0.3, -0.25) is 4.79 Å². The third kappa shape index (κ3) is 3.95. The van der Waals surface area contributed by atoms with Gasteiger partial charge in [-0.2, -0.15) is 0 Å². The highest BCUT2D eigenvalue weighted by Gasteiger charge is 2.20. The first-order chi connectivity index (χ1) is 10.4. The van der Waals surface area contributed by atoms with Crippen molar-refractivity contribution in [2.24, 2.45) is 0 Å². The zero-order valence-electron chi connectivity index (χ0n) is 13.1. The van der Waals surface area contributed by atoms with Gasteiger partial charge in [0.1, 0.15) is 4.88 Å². The van der Waals surface area contributed by atoms with Crippen LogP contribution in [0.1, 0.15) is 32.6 Å². The Morgan fingerprint density at radius 1 is 1.14 bits per heavy atom. The fraction of sp³-hybridized carbons (Fsp3) is 0.294. The molecule has 2 aromatic rings. The highest BCUT2D eigenvalue weighted by Crippen LogP contribution is 2.19. The molecule has 1 unspecified atom stereocenters. The summed E-state index contributed by atoms with van der Waals surface area (Å²) in [5.74, 6) is -0.808. The van der Waals surface area contributed by atoms with Crippen LogP contribution in [-0.2, 0) is 9.53 Å². The number of hydrogen-bond donors (Lipinski definition) is 1. The van der Waals surface area contributed by atoms with Crippen molar-refractivity contribution >= 4 is 28.9 Å². The van der Waals surface area contributed by atoms with Gasteiger partial charge in [0.05, 0.1) is 0 Å². The Kier molecular flexibility index (Phi) is 4.98. The SMILES string of the molecule is Cc1ccc(C)c(NC(=O)C(C)OC(=O)c2ccc(C)s2)c1. The van der Waals surface area contributed by atoms with Crippen LogP contribution in [-0.4, -0.2) is 18.0 Å². The molecule has 0 aliphatic heterocycles. The minimum atomic E-state index is -0.852. The zero-order valence-corrected chi connectivity index (χ0v) is 13.9. The number of ether oxygens (including phenoxy) is 1. The van der Waals surface area contributed by atoms with Crippen molar-refractivity contribution in [1.82, 2.24) is 0 Å². The van der Waals surface area contributed by atoms with Gasteiger partial charge < -0.3 is 10.1 Å². The first-order valence-corrected chi connectivity index (χ1v) is 7.84. The highest BCUT2D eigenvalue weighted by molar-refractivity contribution is 7.13. The number of amides is 1. The average Bonchev–Trinajstić information content (AvgIpc) is 2.89. The molecule has 0 aliphatic carbocycles. The fourth-order valence-corrected chi connectivity index (χ4v) is 2.67. The van der Waals surface area contributed by atoms with E-state index < -0.39 is 12.1 Å². The number of esters is 1. The number of aryl methyl sites for hydroxylation is 3. The van der Waals surface area contributed by atoms with Crippen LogP contribution in [0.15, 0.2) is 30.3 Å². The predicted octanol–water partition coefficient (Wildman–Crippen LogP) is 3.86. The Bertz CT molecular complexity index is 706. The lowest BCUT2D eigenvalue weighted by Crippen LogP contribution is -2.30. The van der Waals surface area contributed by atoms with Gasteiger partial charge in [-0.05, 0) is 57.0 Å². The van der Waals surface area contributed by atoms with Crippen LogP contribution in [0, 0.1) is 20.8 Å². The Labute approximate surface area is 134 Å². The van der Waals surface area contributed by atoms with Gasteiger partial charge in [0.15, 0.2) is 6.10 Å². The molecule has 5 heteroatoms. The number of carbonyl (C=O) groups is 2. The molecule has 116 valence electrons. The average molecular weight is 317 g/mol. The maximum absolute atomic E-state index is 12.2. The van der Waals surface area contributed by atoms with Gasteiger partial charge in [-0.25, -0.2) is 4.79 Å². The van der Waals surface area contributed by atoms with Gasteiger partial charge in [0, 0.05) is 10.6 Å². The summed E-state index contributed by atoms with van der Waals surface area (Å²) in [5, 5.41) is 2.80. The zero-order chi connectivity index (χ0) is 16.3. The van der Waals surface area contributed by atoms with Crippen LogP contribution < -0.4 is 5.32 Å². The number of thiophene rings is 1. The number of anilines is 1.